The van der Waals surface area contributed by atoms with Crippen molar-refractivity contribution in [2.75, 3.05) is 32.7 Å². The summed E-state index contributed by atoms with van der Waals surface area (Å²) in [5.74, 6) is -1.27. The van der Waals surface area contributed by atoms with Crippen molar-refractivity contribution in [3.05, 3.63) is 65.0 Å². The first-order valence-corrected chi connectivity index (χ1v) is 14.0. The third-order valence-electron chi connectivity index (χ3n) is 8.23. The summed E-state index contributed by atoms with van der Waals surface area (Å²) in [4.78, 5) is 33.0. The van der Waals surface area contributed by atoms with Crippen molar-refractivity contribution in [2.24, 2.45) is 11.8 Å². The van der Waals surface area contributed by atoms with Crippen LogP contribution in [0.25, 0.3) is 0 Å². The molecule has 0 bridgehead atoms. The highest BCUT2D eigenvalue weighted by molar-refractivity contribution is 5.96. The minimum Gasteiger partial charge on any atom is -0.465 e. The van der Waals surface area contributed by atoms with Gasteiger partial charge in [-0.25, -0.2) is 13.6 Å². The number of fused-ring (bicyclic) bond motifs is 1. The van der Waals surface area contributed by atoms with Gasteiger partial charge in [-0.1, -0.05) is 36.8 Å². The Balaban J connectivity index is 0.000000379. The number of hydrogen-bond acceptors (Lipinski definition) is 4. The number of alkyl halides is 2. The van der Waals surface area contributed by atoms with E-state index in [-0.39, 0.29) is 24.8 Å². The van der Waals surface area contributed by atoms with Crippen molar-refractivity contribution in [3.63, 3.8) is 0 Å². The minimum absolute atomic E-state index is 0.0962. The van der Waals surface area contributed by atoms with Crippen LogP contribution in [0.15, 0.2) is 42.6 Å². The normalized spacial score (nSPS) is 22.9. The quantitative estimate of drug-likeness (QED) is 0.490. The van der Waals surface area contributed by atoms with Gasteiger partial charge in [0.2, 0.25) is 5.92 Å². The van der Waals surface area contributed by atoms with Gasteiger partial charge < -0.3 is 20.2 Å². The Hall–Kier alpha value is -3.07. The standard InChI is InChI=1S/C24H30N4O3.C6H10F2/c1-16-8-10-25-17(2)22(16)23(29)28-14-19-12-27(13-20(19)15-28)11-9-21(26-24(30)31)18-6-4-3-5-7-18;7-6(8)4-2-1-3-5-6/h3-8,10,19-21,26H,9,11-15H2,1-2H3,(H,30,31);1-5H2/t19-,20?,21?;/m0./s1. The molecule has 1 aromatic carbocycles. The van der Waals surface area contributed by atoms with Crippen molar-refractivity contribution < 1.29 is 23.5 Å². The van der Waals surface area contributed by atoms with Crippen LogP contribution in [0, 0.1) is 25.7 Å². The van der Waals surface area contributed by atoms with E-state index in [0.717, 1.165) is 67.9 Å². The highest BCUT2D eigenvalue weighted by Crippen LogP contribution is 2.34. The predicted octanol–water partition coefficient (Wildman–Crippen LogP) is 5.69. The van der Waals surface area contributed by atoms with Crippen LogP contribution in [0.3, 0.4) is 0 Å². The molecule has 2 N–H and O–H groups in total. The number of aromatic nitrogens is 1. The molecule has 3 fully saturated rings. The molecule has 39 heavy (non-hydrogen) atoms. The van der Waals surface area contributed by atoms with Gasteiger partial charge in [-0.2, -0.15) is 0 Å². The topological polar surface area (TPSA) is 85.8 Å². The fourth-order valence-corrected chi connectivity index (χ4v) is 6.15. The molecule has 9 heteroatoms. The minimum atomic E-state index is -2.32. The summed E-state index contributed by atoms with van der Waals surface area (Å²) < 4.78 is 24.4. The fraction of sp³-hybridized carbons (Fsp3) is 0.567. The molecule has 2 saturated heterocycles. The van der Waals surface area contributed by atoms with Crippen LogP contribution in [0.4, 0.5) is 13.6 Å². The zero-order valence-corrected chi connectivity index (χ0v) is 22.9. The molecule has 212 valence electrons. The summed E-state index contributed by atoms with van der Waals surface area (Å²) in [5, 5.41) is 11.9. The first kappa shape index (κ1) is 28.9. The van der Waals surface area contributed by atoms with Crippen LogP contribution >= 0.6 is 0 Å². The second kappa shape index (κ2) is 12.9. The van der Waals surface area contributed by atoms with Crippen LogP contribution in [0.1, 0.15) is 71.7 Å². The van der Waals surface area contributed by atoms with Gasteiger partial charge in [0, 0.05) is 51.8 Å². The average Bonchev–Trinajstić information content (AvgIpc) is 3.46. The number of benzene rings is 1. The number of carbonyl (C=O) groups is 2. The molecule has 1 saturated carbocycles. The predicted molar refractivity (Wildman–Crippen MR) is 146 cm³/mol. The molecule has 5 rings (SSSR count). The lowest BCUT2D eigenvalue weighted by molar-refractivity contribution is -0.0337. The van der Waals surface area contributed by atoms with Crippen LogP contribution in [0.2, 0.25) is 0 Å². The number of hydrogen-bond donors (Lipinski definition) is 2. The maximum absolute atomic E-state index is 13.1. The maximum atomic E-state index is 13.1. The largest absolute Gasteiger partial charge is 0.465 e. The van der Waals surface area contributed by atoms with Crippen molar-refractivity contribution in [3.8, 4) is 0 Å². The summed E-state index contributed by atoms with van der Waals surface area (Å²) in [6, 6.07) is 11.4. The summed E-state index contributed by atoms with van der Waals surface area (Å²) in [6.07, 6.45) is 4.14. The van der Waals surface area contributed by atoms with Gasteiger partial charge >= 0.3 is 6.09 Å². The number of nitrogens with zero attached hydrogens (tertiary/aromatic N) is 3. The molecule has 3 atom stereocenters. The maximum Gasteiger partial charge on any atom is 0.405 e. The molecule has 0 spiro atoms. The second-order valence-corrected chi connectivity index (χ2v) is 11.2. The van der Waals surface area contributed by atoms with E-state index >= 15 is 0 Å². The van der Waals surface area contributed by atoms with E-state index in [1.165, 1.54) is 0 Å². The van der Waals surface area contributed by atoms with Crippen molar-refractivity contribution >= 4 is 12.0 Å². The monoisotopic (exact) mass is 542 g/mol. The number of amides is 2. The molecular formula is C30H40F2N4O3. The van der Waals surface area contributed by atoms with Gasteiger partial charge in [0.05, 0.1) is 17.3 Å². The molecule has 3 heterocycles. The molecular weight excluding hydrogens is 502 g/mol. The highest BCUT2D eigenvalue weighted by atomic mass is 19.3. The SMILES string of the molecule is Cc1ccnc(C)c1C(=O)N1CC2CN(CCC(NC(=O)O)c3ccccc3)C[C@H]2C1.FC1(F)CCCCC1. The smallest absolute Gasteiger partial charge is 0.405 e. The number of nitrogens with one attached hydrogen (secondary N) is 1. The Morgan fingerprint density at radius 1 is 1.03 bits per heavy atom. The molecule has 2 unspecified atom stereocenters. The summed E-state index contributed by atoms with van der Waals surface area (Å²) in [6.45, 7) is 8.16. The Bertz CT molecular complexity index is 1090. The summed E-state index contributed by atoms with van der Waals surface area (Å²) in [7, 11) is 0. The van der Waals surface area contributed by atoms with Crippen LogP contribution in [0.5, 0.6) is 0 Å². The third-order valence-corrected chi connectivity index (χ3v) is 8.23. The van der Waals surface area contributed by atoms with Gasteiger partial charge in [-0.05, 0) is 62.1 Å². The molecule has 0 radical (unpaired) electrons. The highest BCUT2D eigenvalue weighted by Gasteiger charge is 2.42. The number of pyridine rings is 1. The molecule has 2 aliphatic heterocycles. The van der Waals surface area contributed by atoms with E-state index in [2.05, 4.69) is 15.2 Å². The van der Waals surface area contributed by atoms with Crippen molar-refractivity contribution in [1.29, 1.82) is 0 Å². The molecule has 7 nitrogen and oxygen atoms in total. The molecule has 2 aromatic rings. The molecule has 3 aliphatic rings. The number of likely N-dealkylation sites (tertiary alicyclic amines) is 2. The lowest BCUT2D eigenvalue weighted by Crippen LogP contribution is -2.35. The van der Waals surface area contributed by atoms with E-state index in [4.69, 9.17) is 0 Å². The Morgan fingerprint density at radius 2 is 1.67 bits per heavy atom. The van der Waals surface area contributed by atoms with E-state index in [9.17, 15) is 23.5 Å². The number of aryl methyl sites for hydroxylation is 2. The van der Waals surface area contributed by atoms with E-state index in [1.807, 2.05) is 55.1 Å². The van der Waals surface area contributed by atoms with Gasteiger partial charge in [0.15, 0.2) is 0 Å². The molecule has 2 amide bonds. The number of halogens is 2. The van der Waals surface area contributed by atoms with E-state index in [1.54, 1.807) is 6.20 Å². The first-order valence-electron chi connectivity index (χ1n) is 14.0. The Labute approximate surface area is 229 Å². The zero-order valence-electron chi connectivity index (χ0n) is 22.9. The van der Waals surface area contributed by atoms with Crippen LogP contribution < -0.4 is 5.32 Å². The Kier molecular flexibility index (Phi) is 9.53. The molecule has 1 aliphatic carbocycles. The third kappa shape index (κ3) is 7.75. The van der Waals surface area contributed by atoms with Gasteiger partial charge in [0.25, 0.3) is 5.91 Å². The second-order valence-electron chi connectivity index (χ2n) is 11.2. The number of carbonyl (C=O) groups excluding carboxylic acids is 1. The summed E-state index contributed by atoms with van der Waals surface area (Å²) >= 11 is 0. The number of rotatable bonds is 6. The lowest BCUT2D eigenvalue weighted by atomic mass is 9.97. The summed E-state index contributed by atoms with van der Waals surface area (Å²) in [5.41, 5.74) is 3.50. The van der Waals surface area contributed by atoms with Crippen molar-refractivity contribution in [2.45, 2.75) is 64.3 Å². The van der Waals surface area contributed by atoms with E-state index in [0.29, 0.717) is 24.7 Å². The van der Waals surface area contributed by atoms with Gasteiger partial charge in [-0.15, -0.1) is 0 Å². The lowest BCUT2D eigenvalue weighted by Gasteiger charge is -2.24. The van der Waals surface area contributed by atoms with Gasteiger partial charge in [-0.3, -0.25) is 9.78 Å². The zero-order chi connectivity index (χ0) is 28.0. The number of carboxylic acid groups (broad SMARTS) is 1. The van der Waals surface area contributed by atoms with Crippen molar-refractivity contribution in [1.82, 2.24) is 20.1 Å². The fourth-order valence-electron chi connectivity index (χ4n) is 6.15. The van der Waals surface area contributed by atoms with Gasteiger partial charge in [0.1, 0.15) is 0 Å². The van der Waals surface area contributed by atoms with Crippen LogP contribution in [-0.2, 0) is 0 Å². The molecule has 1 aromatic heterocycles. The Morgan fingerprint density at radius 3 is 2.21 bits per heavy atom. The average molecular weight is 543 g/mol. The van der Waals surface area contributed by atoms with E-state index < -0.39 is 12.0 Å². The first-order chi connectivity index (χ1) is 18.6. The van der Waals surface area contributed by atoms with Crippen LogP contribution in [-0.4, -0.2) is 70.5 Å².